The molecule has 0 saturated carbocycles. The molecule has 0 aliphatic rings. The van der Waals surface area contributed by atoms with Crippen LogP contribution in [0.15, 0.2) is 18.3 Å². The first-order valence-corrected chi connectivity index (χ1v) is 7.93. The molecule has 2 heterocycles. The molecule has 0 radical (unpaired) electrons. The third-order valence-corrected chi connectivity index (χ3v) is 4.42. The standard InChI is InChI=1S/C15H22N4OS/c1-4-8-19(10-9-18(2)3)15(20)14-12(16)13-11(21-14)6-5-7-17-13/h5-7H,4,8-10,16H2,1-3H3. The maximum atomic E-state index is 12.7. The number of anilines is 1. The molecule has 114 valence electrons. The highest BCUT2D eigenvalue weighted by Crippen LogP contribution is 2.32. The van der Waals surface area contributed by atoms with Crippen molar-refractivity contribution in [1.82, 2.24) is 14.8 Å². The maximum Gasteiger partial charge on any atom is 0.266 e. The molecular weight excluding hydrogens is 284 g/mol. The van der Waals surface area contributed by atoms with Gasteiger partial charge in [-0.2, -0.15) is 0 Å². The lowest BCUT2D eigenvalue weighted by Crippen LogP contribution is -2.37. The quantitative estimate of drug-likeness (QED) is 0.889. The molecule has 0 aromatic carbocycles. The van der Waals surface area contributed by atoms with Gasteiger partial charge in [-0.05, 0) is 32.6 Å². The van der Waals surface area contributed by atoms with Crippen LogP contribution < -0.4 is 5.73 Å². The van der Waals surface area contributed by atoms with Crippen LogP contribution in [0.3, 0.4) is 0 Å². The zero-order valence-electron chi connectivity index (χ0n) is 12.8. The minimum absolute atomic E-state index is 0.0131. The van der Waals surface area contributed by atoms with Gasteiger partial charge in [-0.3, -0.25) is 9.78 Å². The van der Waals surface area contributed by atoms with Crippen LogP contribution in [-0.2, 0) is 0 Å². The Kier molecular flexibility index (Phi) is 5.14. The number of pyridine rings is 1. The molecule has 2 aromatic rings. The lowest BCUT2D eigenvalue weighted by Gasteiger charge is -2.23. The number of hydrogen-bond donors (Lipinski definition) is 1. The van der Waals surface area contributed by atoms with E-state index in [1.54, 1.807) is 6.20 Å². The number of fused-ring (bicyclic) bond motifs is 1. The average Bonchev–Trinajstić information content (AvgIpc) is 2.80. The Bertz CT molecular complexity index is 623. The molecule has 0 atom stereocenters. The van der Waals surface area contributed by atoms with Crippen molar-refractivity contribution in [3.05, 3.63) is 23.2 Å². The molecule has 2 N–H and O–H groups in total. The number of nitrogens with zero attached hydrogens (tertiary/aromatic N) is 3. The molecule has 1 amide bonds. The Morgan fingerprint density at radius 3 is 2.71 bits per heavy atom. The molecule has 2 aromatic heterocycles. The molecule has 0 aliphatic heterocycles. The fourth-order valence-corrected chi connectivity index (χ4v) is 3.20. The monoisotopic (exact) mass is 306 g/mol. The number of rotatable bonds is 6. The number of carbonyl (C=O) groups is 1. The Morgan fingerprint density at radius 2 is 2.10 bits per heavy atom. The summed E-state index contributed by atoms with van der Waals surface area (Å²) in [4.78, 5) is 21.6. The molecule has 21 heavy (non-hydrogen) atoms. The van der Waals surface area contributed by atoms with E-state index in [1.165, 1.54) is 11.3 Å². The summed E-state index contributed by atoms with van der Waals surface area (Å²) in [5.74, 6) is 0.0131. The number of hydrogen-bond acceptors (Lipinski definition) is 5. The van der Waals surface area contributed by atoms with Crippen LogP contribution in [0.1, 0.15) is 23.0 Å². The van der Waals surface area contributed by atoms with E-state index in [0.717, 1.165) is 29.7 Å². The van der Waals surface area contributed by atoms with Crippen molar-refractivity contribution in [3.63, 3.8) is 0 Å². The first kappa shape index (κ1) is 15.7. The fourth-order valence-electron chi connectivity index (χ4n) is 2.16. The number of thiophene rings is 1. The van der Waals surface area contributed by atoms with Crippen LogP contribution in [0.25, 0.3) is 10.2 Å². The first-order valence-electron chi connectivity index (χ1n) is 7.11. The Labute approximate surface area is 129 Å². The zero-order valence-corrected chi connectivity index (χ0v) is 13.6. The summed E-state index contributed by atoms with van der Waals surface area (Å²) in [5.41, 5.74) is 7.36. The van der Waals surface area contributed by atoms with Gasteiger partial charge in [0, 0.05) is 25.8 Å². The summed E-state index contributed by atoms with van der Waals surface area (Å²) in [6.07, 6.45) is 2.64. The van der Waals surface area contributed by atoms with Gasteiger partial charge in [-0.25, -0.2) is 0 Å². The van der Waals surface area contributed by atoms with Crippen LogP contribution >= 0.6 is 11.3 Å². The Morgan fingerprint density at radius 1 is 1.33 bits per heavy atom. The second-order valence-corrected chi connectivity index (χ2v) is 6.34. The topological polar surface area (TPSA) is 62.5 Å². The minimum atomic E-state index is 0.0131. The molecule has 5 nitrogen and oxygen atoms in total. The van der Waals surface area contributed by atoms with E-state index in [4.69, 9.17) is 5.73 Å². The predicted molar refractivity (Wildman–Crippen MR) is 88.8 cm³/mol. The lowest BCUT2D eigenvalue weighted by molar-refractivity contribution is 0.0751. The van der Waals surface area contributed by atoms with E-state index in [0.29, 0.717) is 17.1 Å². The largest absolute Gasteiger partial charge is 0.396 e. The molecule has 2 rings (SSSR count). The summed E-state index contributed by atoms with van der Waals surface area (Å²) in [7, 11) is 4.01. The zero-order chi connectivity index (χ0) is 15.4. The minimum Gasteiger partial charge on any atom is -0.396 e. The van der Waals surface area contributed by atoms with E-state index in [9.17, 15) is 4.79 Å². The van der Waals surface area contributed by atoms with Crippen molar-refractivity contribution < 1.29 is 4.79 Å². The van der Waals surface area contributed by atoms with Gasteiger partial charge < -0.3 is 15.5 Å². The van der Waals surface area contributed by atoms with Crippen molar-refractivity contribution >= 4 is 33.1 Å². The van der Waals surface area contributed by atoms with Crippen LogP contribution in [-0.4, -0.2) is 54.4 Å². The van der Waals surface area contributed by atoms with Gasteiger partial charge in [-0.1, -0.05) is 6.92 Å². The van der Waals surface area contributed by atoms with E-state index in [-0.39, 0.29) is 5.91 Å². The van der Waals surface area contributed by atoms with Gasteiger partial charge in [0.15, 0.2) is 0 Å². The van der Waals surface area contributed by atoms with E-state index >= 15 is 0 Å². The molecule has 0 unspecified atom stereocenters. The normalized spacial score (nSPS) is 11.2. The molecule has 6 heteroatoms. The van der Waals surface area contributed by atoms with Crippen molar-refractivity contribution in [3.8, 4) is 0 Å². The number of carbonyl (C=O) groups excluding carboxylic acids is 1. The van der Waals surface area contributed by atoms with Gasteiger partial charge in [0.25, 0.3) is 5.91 Å². The van der Waals surface area contributed by atoms with E-state index in [2.05, 4.69) is 16.8 Å². The highest BCUT2D eigenvalue weighted by molar-refractivity contribution is 7.21. The third kappa shape index (κ3) is 3.51. The highest BCUT2D eigenvalue weighted by Gasteiger charge is 2.22. The number of nitrogens with two attached hydrogens (primary N) is 1. The summed E-state index contributed by atoms with van der Waals surface area (Å²) in [5, 5.41) is 0. The van der Waals surface area contributed by atoms with Gasteiger partial charge >= 0.3 is 0 Å². The predicted octanol–water partition coefficient (Wildman–Crippen LogP) is 2.29. The van der Waals surface area contributed by atoms with Crippen molar-refractivity contribution in [1.29, 1.82) is 0 Å². The lowest BCUT2D eigenvalue weighted by atomic mass is 10.3. The Hall–Kier alpha value is -1.66. The SMILES string of the molecule is CCCN(CCN(C)C)C(=O)c1sc2cccnc2c1N. The number of aromatic nitrogens is 1. The maximum absolute atomic E-state index is 12.7. The summed E-state index contributed by atoms with van der Waals surface area (Å²) < 4.78 is 0.961. The fraction of sp³-hybridized carbons (Fsp3) is 0.467. The van der Waals surface area contributed by atoms with Crippen molar-refractivity contribution in [2.75, 3.05) is 39.5 Å². The molecular formula is C15H22N4OS. The number of amides is 1. The van der Waals surface area contributed by atoms with Crippen molar-refractivity contribution in [2.45, 2.75) is 13.3 Å². The molecule has 0 bridgehead atoms. The van der Waals surface area contributed by atoms with Crippen LogP contribution in [0, 0.1) is 0 Å². The van der Waals surface area contributed by atoms with Gasteiger partial charge in [0.1, 0.15) is 10.4 Å². The molecule has 0 spiro atoms. The molecule has 0 saturated heterocycles. The summed E-state index contributed by atoms with van der Waals surface area (Å²) >= 11 is 1.43. The number of likely N-dealkylation sites (N-methyl/N-ethyl adjacent to an activating group) is 1. The Balaban J connectivity index is 2.27. The summed E-state index contributed by atoms with van der Waals surface area (Å²) in [6.45, 7) is 4.37. The highest BCUT2D eigenvalue weighted by atomic mass is 32.1. The van der Waals surface area contributed by atoms with Gasteiger partial charge in [-0.15, -0.1) is 11.3 Å². The van der Waals surface area contributed by atoms with E-state index in [1.807, 2.05) is 31.1 Å². The average molecular weight is 306 g/mol. The van der Waals surface area contributed by atoms with Crippen LogP contribution in [0.4, 0.5) is 5.69 Å². The number of nitrogen functional groups attached to an aromatic ring is 1. The first-order chi connectivity index (χ1) is 10.0. The van der Waals surface area contributed by atoms with Gasteiger partial charge in [0.2, 0.25) is 0 Å². The van der Waals surface area contributed by atoms with Crippen LogP contribution in [0.2, 0.25) is 0 Å². The molecule has 0 aliphatic carbocycles. The third-order valence-electron chi connectivity index (χ3n) is 3.27. The second-order valence-electron chi connectivity index (χ2n) is 5.29. The smallest absolute Gasteiger partial charge is 0.266 e. The summed E-state index contributed by atoms with van der Waals surface area (Å²) in [6, 6.07) is 3.81. The van der Waals surface area contributed by atoms with Gasteiger partial charge in [0.05, 0.1) is 10.4 Å². The van der Waals surface area contributed by atoms with Crippen molar-refractivity contribution in [2.24, 2.45) is 0 Å². The van der Waals surface area contributed by atoms with E-state index < -0.39 is 0 Å². The second kappa shape index (κ2) is 6.87. The van der Waals surface area contributed by atoms with Crippen LogP contribution in [0.5, 0.6) is 0 Å². The molecule has 0 fully saturated rings.